The van der Waals surface area contributed by atoms with Crippen molar-refractivity contribution >= 4 is 11.7 Å². The van der Waals surface area contributed by atoms with Gasteiger partial charge in [-0.25, -0.2) is 0 Å². The molecule has 0 aliphatic rings. The molecular weight excluding hydrogens is 214 g/mol. The molecule has 0 saturated heterocycles. The van der Waals surface area contributed by atoms with Crippen molar-refractivity contribution in [1.29, 1.82) is 0 Å². The molecule has 0 heterocycles. The molecule has 3 heteroatoms. The van der Waals surface area contributed by atoms with Crippen LogP contribution in [0.5, 0.6) is 0 Å². The van der Waals surface area contributed by atoms with Crippen molar-refractivity contribution in [2.24, 2.45) is 0 Å². The van der Waals surface area contributed by atoms with Gasteiger partial charge in [-0.3, -0.25) is 4.79 Å². The van der Waals surface area contributed by atoms with Crippen LogP contribution in [0.1, 0.15) is 38.7 Å². The van der Waals surface area contributed by atoms with Gasteiger partial charge >= 0.3 is 5.97 Å². The zero-order chi connectivity index (χ0) is 12.7. The Morgan fingerprint density at radius 2 is 1.94 bits per heavy atom. The van der Waals surface area contributed by atoms with Gasteiger partial charge in [0.1, 0.15) is 0 Å². The Bertz CT molecular complexity index is 344. The number of esters is 1. The van der Waals surface area contributed by atoms with Crippen LogP contribution in [0, 0.1) is 0 Å². The number of anilines is 1. The van der Waals surface area contributed by atoms with Crippen molar-refractivity contribution in [1.82, 2.24) is 0 Å². The van der Waals surface area contributed by atoms with Crippen LogP contribution in [0.15, 0.2) is 24.3 Å². The third kappa shape index (κ3) is 4.89. The summed E-state index contributed by atoms with van der Waals surface area (Å²) in [5, 5.41) is 3.20. The summed E-state index contributed by atoms with van der Waals surface area (Å²) in [5.41, 5.74) is 2.36. The number of hydrogen-bond acceptors (Lipinski definition) is 3. The maximum absolute atomic E-state index is 11.1. The lowest BCUT2D eigenvalue weighted by Gasteiger charge is -2.09. The monoisotopic (exact) mass is 235 g/mol. The molecule has 0 unspecified atom stereocenters. The summed E-state index contributed by atoms with van der Waals surface area (Å²) < 4.78 is 4.85. The van der Waals surface area contributed by atoms with E-state index < -0.39 is 0 Å². The smallest absolute Gasteiger partial charge is 0.307 e. The number of ether oxygens (including phenoxy) is 1. The topological polar surface area (TPSA) is 38.3 Å². The molecule has 0 bridgehead atoms. The van der Waals surface area contributed by atoms with Gasteiger partial charge in [0.15, 0.2) is 0 Å². The second kappa shape index (κ2) is 6.94. The summed E-state index contributed by atoms with van der Waals surface area (Å²) in [6.07, 6.45) is 0.403. The summed E-state index contributed by atoms with van der Waals surface area (Å²) in [4.78, 5) is 11.1. The summed E-state index contributed by atoms with van der Waals surface area (Å²) >= 11 is 0. The van der Waals surface area contributed by atoms with Gasteiger partial charge in [0.25, 0.3) is 0 Å². The van der Waals surface area contributed by atoms with Gasteiger partial charge in [-0.15, -0.1) is 0 Å². The predicted octanol–water partition coefficient (Wildman–Crippen LogP) is 3.18. The normalized spacial score (nSPS) is 10.4. The van der Waals surface area contributed by atoms with Gasteiger partial charge in [0.05, 0.1) is 13.0 Å². The Morgan fingerprint density at radius 1 is 1.29 bits per heavy atom. The number of carbonyl (C=O) groups is 1. The van der Waals surface area contributed by atoms with Gasteiger partial charge in [0.2, 0.25) is 0 Å². The molecule has 0 spiro atoms. The van der Waals surface area contributed by atoms with E-state index in [1.165, 1.54) is 5.56 Å². The fourth-order valence-electron chi connectivity index (χ4n) is 1.53. The molecule has 0 aromatic heterocycles. The minimum Gasteiger partial charge on any atom is -0.466 e. The molecule has 94 valence electrons. The first-order valence-corrected chi connectivity index (χ1v) is 6.13. The van der Waals surface area contributed by atoms with E-state index >= 15 is 0 Å². The van der Waals surface area contributed by atoms with E-state index in [1.54, 1.807) is 0 Å². The van der Waals surface area contributed by atoms with Crippen LogP contribution >= 0.6 is 0 Å². The highest BCUT2D eigenvalue weighted by molar-refractivity contribution is 5.70. The number of carbonyl (C=O) groups excluding carboxylic acids is 1. The van der Waals surface area contributed by atoms with E-state index in [9.17, 15) is 4.79 Å². The lowest BCUT2D eigenvalue weighted by Crippen LogP contribution is -2.11. The van der Waals surface area contributed by atoms with E-state index in [4.69, 9.17) is 4.74 Å². The SMILES string of the molecule is CCOC(=O)CCNc1ccc(C(C)C)cc1. The molecule has 0 atom stereocenters. The molecule has 1 rings (SSSR count). The molecule has 1 aromatic rings. The summed E-state index contributed by atoms with van der Waals surface area (Å²) in [5.74, 6) is 0.391. The van der Waals surface area contributed by atoms with Crippen LogP contribution in [-0.2, 0) is 9.53 Å². The predicted molar refractivity (Wildman–Crippen MR) is 70.3 cm³/mol. The Balaban J connectivity index is 2.35. The first-order chi connectivity index (χ1) is 8.13. The van der Waals surface area contributed by atoms with Crippen molar-refractivity contribution in [3.05, 3.63) is 29.8 Å². The van der Waals surface area contributed by atoms with Crippen molar-refractivity contribution in [3.63, 3.8) is 0 Å². The molecule has 0 radical (unpaired) electrons. The Morgan fingerprint density at radius 3 is 2.47 bits per heavy atom. The van der Waals surface area contributed by atoms with Crippen molar-refractivity contribution in [2.45, 2.75) is 33.1 Å². The first kappa shape index (κ1) is 13.6. The molecular formula is C14H21NO2. The van der Waals surface area contributed by atoms with Gasteiger partial charge in [0, 0.05) is 12.2 Å². The molecule has 0 aliphatic heterocycles. The van der Waals surface area contributed by atoms with Gasteiger partial charge in [-0.05, 0) is 30.5 Å². The van der Waals surface area contributed by atoms with E-state index in [0.29, 0.717) is 25.5 Å². The van der Waals surface area contributed by atoms with Crippen LogP contribution in [0.4, 0.5) is 5.69 Å². The van der Waals surface area contributed by atoms with Crippen molar-refractivity contribution < 1.29 is 9.53 Å². The zero-order valence-corrected chi connectivity index (χ0v) is 10.8. The largest absolute Gasteiger partial charge is 0.466 e. The number of hydrogen-bond donors (Lipinski definition) is 1. The molecule has 0 fully saturated rings. The number of rotatable bonds is 6. The van der Waals surface area contributed by atoms with Gasteiger partial charge < -0.3 is 10.1 Å². The van der Waals surface area contributed by atoms with E-state index in [-0.39, 0.29) is 5.97 Å². The molecule has 0 aliphatic carbocycles. The van der Waals surface area contributed by atoms with Crippen LogP contribution in [0.3, 0.4) is 0 Å². The standard InChI is InChI=1S/C14H21NO2/c1-4-17-14(16)9-10-15-13-7-5-12(6-8-13)11(2)3/h5-8,11,15H,4,9-10H2,1-3H3. The average molecular weight is 235 g/mol. The minimum absolute atomic E-state index is 0.154. The lowest BCUT2D eigenvalue weighted by atomic mass is 10.0. The second-order valence-electron chi connectivity index (χ2n) is 4.26. The zero-order valence-electron chi connectivity index (χ0n) is 10.8. The highest BCUT2D eigenvalue weighted by Gasteiger charge is 2.01. The van der Waals surface area contributed by atoms with Gasteiger partial charge in [-0.1, -0.05) is 26.0 Å². The highest BCUT2D eigenvalue weighted by atomic mass is 16.5. The molecule has 1 N–H and O–H groups in total. The van der Waals surface area contributed by atoms with Crippen molar-refractivity contribution in [3.8, 4) is 0 Å². The van der Waals surface area contributed by atoms with E-state index in [2.05, 4.69) is 31.3 Å². The lowest BCUT2D eigenvalue weighted by molar-refractivity contribution is -0.142. The van der Waals surface area contributed by atoms with Crippen LogP contribution < -0.4 is 5.32 Å². The van der Waals surface area contributed by atoms with E-state index in [1.807, 2.05) is 19.1 Å². The Kier molecular flexibility index (Phi) is 5.53. The van der Waals surface area contributed by atoms with Crippen LogP contribution in [0.2, 0.25) is 0 Å². The van der Waals surface area contributed by atoms with Crippen LogP contribution in [0.25, 0.3) is 0 Å². The second-order valence-corrected chi connectivity index (χ2v) is 4.26. The van der Waals surface area contributed by atoms with Crippen molar-refractivity contribution in [2.75, 3.05) is 18.5 Å². The quantitative estimate of drug-likeness (QED) is 0.770. The molecule has 17 heavy (non-hydrogen) atoms. The summed E-state index contributed by atoms with van der Waals surface area (Å²) in [7, 11) is 0. The maximum atomic E-state index is 11.1. The summed E-state index contributed by atoms with van der Waals surface area (Å²) in [6, 6.07) is 8.30. The third-order valence-electron chi connectivity index (χ3n) is 2.54. The molecule has 0 amide bonds. The Labute approximate surface area is 103 Å². The number of nitrogens with one attached hydrogen (secondary N) is 1. The van der Waals surface area contributed by atoms with Crippen LogP contribution in [-0.4, -0.2) is 19.1 Å². The average Bonchev–Trinajstić information content (AvgIpc) is 2.30. The molecule has 1 aromatic carbocycles. The molecule has 0 saturated carbocycles. The maximum Gasteiger partial charge on any atom is 0.307 e. The summed E-state index contributed by atoms with van der Waals surface area (Å²) in [6.45, 7) is 7.21. The fourth-order valence-corrected chi connectivity index (χ4v) is 1.53. The third-order valence-corrected chi connectivity index (χ3v) is 2.54. The minimum atomic E-state index is -0.154. The first-order valence-electron chi connectivity index (χ1n) is 6.13. The number of benzene rings is 1. The van der Waals surface area contributed by atoms with E-state index in [0.717, 1.165) is 5.69 Å². The Hall–Kier alpha value is -1.51. The van der Waals surface area contributed by atoms with Gasteiger partial charge in [-0.2, -0.15) is 0 Å². The molecule has 3 nitrogen and oxygen atoms in total. The fraction of sp³-hybridized carbons (Fsp3) is 0.500. The highest BCUT2D eigenvalue weighted by Crippen LogP contribution is 2.16.